The van der Waals surface area contributed by atoms with E-state index >= 15 is 0 Å². The van der Waals surface area contributed by atoms with E-state index in [1.807, 2.05) is 36.4 Å². The molecule has 8 heteroatoms. The number of sulfonamides is 1. The number of anilines is 1. The second kappa shape index (κ2) is 9.08. The first-order valence-corrected chi connectivity index (χ1v) is 12.3. The summed E-state index contributed by atoms with van der Waals surface area (Å²) in [5.74, 6) is -0.782. The van der Waals surface area contributed by atoms with E-state index in [2.05, 4.69) is 4.98 Å². The minimum absolute atomic E-state index is 0.131. The van der Waals surface area contributed by atoms with Crippen LogP contribution < -0.4 is 4.31 Å². The number of pyridine rings is 1. The molecular formula is C24H24N2O5S. The maximum Gasteiger partial charge on any atom is 0.306 e. The van der Waals surface area contributed by atoms with E-state index in [1.54, 1.807) is 18.2 Å². The summed E-state index contributed by atoms with van der Waals surface area (Å²) >= 11 is 0. The number of carbonyl (C=O) groups excluding carboxylic acids is 2. The summed E-state index contributed by atoms with van der Waals surface area (Å²) in [4.78, 5) is 29.2. The number of aryl methyl sites for hydroxylation is 2. The van der Waals surface area contributed by atoms with Crippen LogP contribution in [0.15, 0.2) is 54.6 Å². The summed E-state index contributed by atoms with van der Waals surface area (Å²) in [5, 5.41) is 1.04. The third-order valence-electron chi connectivity index (χ3n) is 5.48. The van der Waals surface area contributed by atoms with E-state index < -0.39 is 16.0 Å². The number of aromatic nitrogens is 1. The van der Waals surface area contributed by atoms with Crippen molar-refractivity contribution in [2.45, 2.75) is 25.7 Å². The number of hydrogen-bond donors (Lipinski definition) is 0. The molecule has 0 saturated heterocycles. The van der Waals surface area contributed by atoms with Gasteiger partial charge in [-0.25, -0.2) is 8.42 Å². The van der Waals surface area contributed by atoms with Crippen LogP contribution in [0.5, 0.6) is 0 Å². The van der Waals surface area contributed by atoms with Crippen LogP contribution in [0.2, 0.25) is 0 Å². The molecule has 1 aliphatic heterocycles. The van der Waals surface area contributed by atoms with Gasteiger partial charge in [0.05, 0.1) is 23.9 Å². The number of ketones is 1. The van der Waals surface area contributed by atoms with Crippen molar-refractivity contribution in [3.8, 4) is 0 Å². The number of esters is 1. The van der Waals surface area contributed by atoms with Crippen LogP contribution in [-0.4, -0.2) is 44.6 Å². The highest BCUT2D eigenvalue weighted by molar-refractivity contribution is 7.92. The van der Waals surface area contributed by atoms with Crippen LogP contribution in [0.25, 0.3) is 10.9 Å². The van der Waals surface area contributed by atoms with Crippen molar-refractivity contribution in [2.24, 2.45) is 0 Å². The van der Waals surface area contributed by atoms with Crippen molar-refractivity contribution in [1.29, 1.82) is 0 Å². The molecule has 0 fully saturated rings. The Bertz CT molecular complexity index is 1290. The highest BCUT2D eigenvalue weighted by Gasteiger charge is 2.24. The van der Waals surface area contributed by atoms with Crippen molar-refractivity contribution in [3.63, 3.8) is 0 Å². The lowest BCUT2D eigenvalue weighted by atomic mass is 9.99. The largest absolute Gasteiger partial charge is 0.457 e. The number of nitrogens with zero attached hydrogens (tertiary/aromatic N) is 2. The fraction of sp³-hybridized carbons (Fsp3) is 0.292. The minimum Gasteiger partial charge on any atom is -0.457 e. The number of benzene rings is 2. The molecule has 0 bridgehead atoms. The number of para-hydroxylation sites is 1. The number of fused-ring (bicyclic) bond motifs is 2. The standard InChI is InChI=1S/C24H24N2O5S/c1-32(29,30)26-14-4-6-18-15-19(9-12-22(18)26)23(27)16-31-24(28)13-11-20-10-8-17-5-2-3-7-21(17)25-20/h2-3,5,7-10,12,15H,4,6,11,13-14,16H2,1H3. The van der Waals surface area contributed by atoms with E-state index in [0.717, 1.165) is 22.2 Å². The third-order valence-corrected chi connectivity index (χ3v) is 6.66. The molecule has 166 valence electrons. The van der Waals surface area contributed by atoms with Crippen molar-refractivity contribution in [1.82, 2.24) is 4.98 Å². The molecule has 7 nitrogen and oxygen atoms in total. The molecule has 1 aromatic heterocycles. The van der Waals surface area contributed by atoms with Crippen molar-refractivity contribution < 1.29 is 22.7 Å². The molecule has 3 aromatic rings. The number of ether oxygens (including phenoxy) is 1. The Balaban J connectivity index is 1.33. The molecule has 0 aliphatic carbocycles. The Hall–Kier alpha value is -3.26. The Morgan fingerprint density at radius 2 is 1.91 bits per heavy atom. The molecule has 2 aromatic carbocycles. The molecular weight excluding hydrogens is 428 g/mol. The van der Waals surface area contributed by atoms with Gasteiger partial charge in [-0.3, -0.25) is 18.9 Å². The van der Waals surface area contributed by atoms with Gasteiger partial charge in [0, 0.05) is 29.6 Å². The quantitative estimate of drug-likeness (QED) is 0.403. The average molecular weight is 453 g/mol. The van der Waals surface area contributed by atoms with Gasteiger partial charge in [-0.05, 0) is 48.7 Å². The monoisotopic (exact) mass is 452 g/mol. The zero-order chi connectivity index (χ0) is 22.7. The molecule has 1 aliphatic rings. The van der Waals surface area contributed by atoms with Gasteiger partial charge in [0.25, 0.3) is 0 Å². The highest BCUT2D eigenvalue weighted by Crippen LogP contribution is 2.30. The van der Waals surface area contributed by atoms with E-state index in [0.29, 0.717) is 37.1 Å². The molecule has 4 rings (SSSR count). The van der Waals surface area contributed by atoms with Gasteiger partial charge in [0.1, 0.15) is 0 Å². The minimum atomic E-state index is -3.36. The number of rotatable bonds is 7. The summed E-state index contributed by atoms with van der Waals surface area (Å²) in [6, 6.07) is 16.5. The molecule has 32 heavy (non-hydrogen) atoms. The van der Waals surface area contributed by atoms with E-state index in [9.17, 15) is 18.0 Å². The number of hydrogen-bond acceptors (Lipinski definition) is 6. The van der Waals surface area contributed by atoms with Crippen LogP contribution in [-0.2, 0) is 32.4 Å². The van der Waals surface area contributed by atoms with Gasteiger partial charge in [0.15, 0.2) is 12.4 Å². The van der Waals surface area contributed by atoms with Crippen LogP contribution in [0.4, 0.5) is 5.69 Å². The molecule has 0 amide bonds. The van der Waals surface area contributed by atoms with Crippen LogP contribution in [0.3, 0.4) is 0 Å². The Morgan fingerprint density at radius 1 is 1.09 bits per heavy atom. The lowest BCUT2D eigenvalue weighted by molar-refractivity contribution is -0.142. The van der Waals surface area contributed by atoms with Gasteiger partial charge in [-0.1, -0.05) is 24.3 Å². The molecule has 0 spiro atoms. The zero-order valence-corrected chi connectivity index (χ0v) is 18.6. The molecule has 0 radical (unpaired) electrons. The molecule has 2 heterocycles. The van der Waals surface area contributed by atoms with Crippen LogP contribution in [0.1, 0.15) is 34.5 Å². The molecule has 0 unspecified atom stereocenters. The molecule has 0 N–H and O–H groups in total. The lowest BCUT2D eigenvalue weighted by Crippen LogP contribution is -2.34. The third kappa shape index (κ3) is 4.96. The summed E-state index contributed by atoms with van der Waals surface area (Å²) in [5.41, 5.74) is 3.48. The van der Waals surface area contributed by atoms with Gasteiger partial charge >= 0.3 is 5.97 Å². The van der Waals surface area contributed by atoms with Gasteiger partial charge in [0.2, 0.25) is 10.0 Å². The maximum absolute atomic E-state index is 12.5. The Kier molecular flexibility index (Phi) is 6.23. The smallest absolute Gasteiger partial charge is 0.306 e. The Labute approximate surface area is 187 Å². The van der Waals surface area contributed by atoms with E-state index in [-0.39, 0.29) is 18.8 Å². The van der Waals surface area contributed by atoms with Crippen LogP contribution >= 0.6 is 0 Å². The predicted molar refractivity (Wildman–Crippen MR) is 122 cm³/mol. The van der Waals surface area contributed by atoms with Crippen molar-refractivity contribution in [3.05, 3.63) is 71.4 Å². The van der Waals surface area contributed by atoms with Crippen LogP contribution in [0, 0.1) is 0 Å². The predicted octanol–water partition coefficient (Wildman–Crippen LogP) is 3.31. The highest BCUT2D eigenvalue weighted by atomic mass is 32.2. The first-order valence-electron chi connectivity index (χ1n) is 10.5. The Morgan fingerprint density at radius 3 is 2.72 bits per heavy atom. The van der Waals surface area contributed by atoms with E-state index in [4.69, 9.17) is 4.74 Å². The fourth-order valence-corrected chi connectivity index (χ4v) is 4.86. The van der Waals surface area contributed by atoms with Gasteiger partial charge in [-0.15, -0.1) is 0 Å². The summed E-state index contributed by atoms with van der Waals surface area (Å²) in [6.07, 6.45) is 3.12. The number of carbonyl (C=O) groups is 2. The molecule has 0 atom stereocenters. The van der Waals surface area contributed by atoms with E-state index in [1.165, 1.54) is 10.6 Å². The second-order valence-electron chi connectivity index (χ2n) is 7.86. The van der Waals surface area contributed by atoms with Crippen molar-refractivity contribution >= 4 is 38.4 Å². The molecule has 0 saturated carbocycles. The maximum atomic E-state index is 12.5. The first kappa shape index (κ1) is 22.0. The number of Topliss-reactive ketones (excluding diaryl/α,β-unsaturated/α-hetero) is 1. The zero-order valence-electron chi connectivity index (χ0n) is 17.8. The first-order chi connectivity index (χ1) is 15.3. The fourth-order valence-electron chi connectivity index (χ4n) is 3.86. The average Bonchev–Trinajstić information content (AvgIpc) is 2.79. The van der Waals surface area contributed by atoms with Gasteiger partial charge in [-0.2, -0.15) is 0 Å². The summed E-state index contributed by atoms with van der Waals surface area (Å²) < 4.78 is 30.5. The SMILES string of the molecule is CS(=O)(=O)N1CCCc2cc(C(=O)COC(=O)CCc3ccc4ccccc4n3)ccc21. The normalized spacial score (nSPS) is 13.6. The topological polar surface area (TPSA) is 93.6 Å². The summed E-state index contributed by atoms with van der Waals surface area (Å²) in [6.45, 7) is 0.0847. The second-order valence-corrected chi connectivity index (χ2v) is 9.77. The summed E-state index contributed by atoms with van der Waals surface area (Å²) in [7, 11) is -3.36. The van der Waals surface area contributed by atoms with Crippen molar-refractivity contribution in [2.75, 3.05) is 23.7 Å². The lowest BCUT2D eigenvalue weighted by Gasteiger charge is -2.29. The van der Waals surface area contributed by atoms with Gasteiger partial charge < -0.3 is 4.74 Å².